The molecule has 150 valence electrons. The van der Waals surface area contributed by atoms with E-state index in [1.807, 2.05) is 43.3 Å². The van der Waals surface area contributed by atoms with E-state index in [2.05, 4.69) is 41.6 Å². The van der Waals surface area contributed by atoms with Gasteiger partial charge >= 0.3 is 0 Å². The van der Waals surface area contributed by atoms with Gasteiger partial charge in [0.05, 0.1) is 12.2 Å². The van der Waals surface area contributed by atoms with Gasteiger partial charge in [0.2, 0.25) is 0 Å². The van der Waals surface area contributed by atoms with Gasteiger partial charge in [-0.25, -0.2) is 4.99 Å². The lowest BCUT2D eigenvalue weighted by Crippen LogP contribution is -2.42. The topological polar surface area (TPSA) is 71.7 Å². The molecule has 0 aliphatic heterocycles. The van der Waals surface area contributed by atoms with E-state index in [1.165, 1.54) is 0 Å². The van der Waals surface area contributed by atoms with Gasteiger partial charge in [0.1, 0.15) is 18.4 Å². The van der Waals surface area contributed by atoms with Gasteiger partial charge in [0.25, 0.3) is 0 Å². The third-order valence-electron chi connectivity index (χ3n) is 3.90. The molecule has 0 aliphatic rings. The SMILES string of the molecule is CCNC(=NCc1cc(C(C)C)no1)NCC(CC)Oc1ccccc1.I. The molecule has 0 bridgehead atoms. The number of para-hydroxylation sites is 1. The van der Waals surface area contributed by atoms with E-state index in [-0.39, 0.29) is 30.1 Å². The number of hydrogen-bond acceptors (Lipinski definition) is 4. The van der Waals surface area contributed by atoms with Gasteiger partial charge in [0.15, 0.2) is 11.7 Å². The fraction of sp³-hybridized carbons (Fsp3) is 0.500. The molecular formula is C20H31IN4O2. The standard InChI is InChI=1S/C20H30N4O2.HI/c1-5-16(25-17-10-8-7-9-11-17)13-22-20(21-6-2)23-14-18-12-19(15(3)4)24-26-18;/h7-12,15-16H,5-6,13-14H2,1-4H3,(H2,21,22,23);1H. The number of hydrogen-bond donors (Lipinski definition) is 2. The minimum absolute atomic E-state index is 0. The van der Waals surface area contributed by atoms with Crippen LogP contribution >= 0.6 is 24.0 Å². The van der Waals surface area contributed by atoms with Crippen molar-refractivity contribution in [3.05, 3.63) is 47.9 Å². The molecule has 0 saturated carbocycles. The highest BCUT2D eigenvalue weighted by Gasteiger charge is 2.10. The van der Waals surface area contributed by atoms with Gasteiger partial charge in [-0.1, -0.05) is 44.1 Å². The summed E-state index contributed by atoms with van der Waals surface area (Å²) in [5.74, 6) is 2.73. The second kappa shape index (κ2) is 12.6. The van der Waals surface area contributed by atoms with Crippen LogP contribution in [0.5, 0.6) is 5.75 Å². The molecule has 2 N–H and O–H groups in total. The smallest absolute Gasteiger partial charge is 0.191 e. The Balaban J connectivity index is 0.00000364. The molecule has 0 amide bonds. The van der Waals surface area contributed by atoms with Crippen LogP contribution in [0.3, 0.4) is 0 Å². The summed E-state index contributed by atoms with van der Waals surface area (Å²) in [6, 6.07) is 11.8. The average Bonchev–Trinajstić information content (AvgIpc) is 3.13. The Hall–Kier alpha value is -1.77. The number of nitrogens with one attached hydrogen (secondary N) is 2. The van der Waals surface area contributed by atoms with E-state index in [0.717, 1.165) is 36.1 Å². The maximum atomic E-state index is 6.01. The number of rotatable bonds is 9. The minimum Gasteiger partial charge on any atom is -0.489 e. The molecule has 1 aromatic carbocycles. The first-order valence-corrected chi connectivity index (χ1v) is 9.31. The molecule has 0 spiro atoms. The zero-order valence-corrected chi connectivity index (χ0v) is 18.9. The van der Waals surface area contributed by atoms with E-state index in [9.17, 15) is 0 Å². The molecule has 7 heteroatoms. The summed E-state index contributed by atoms with van der Waals surface area (Å²) < 4.78 is 11.4. The van der Waals surface area contributed by atoms with Crippen molar-refractivity contribution in [2.45, 2.75) is 52.7 Å². The van der Waals surface area contributed by atoms with Gasteiger partial charge in [-0.05, 0) is 31.4 Å². The monoisotopic (exact) mass is 486 g/mol. The maximum absolute atomic E-state index is 6.01. The Labute approximate surface area is 179 Å². The molecule has 0 aliphatic carbocycles. The summed E-state index contributed by atoms with van der Waals surface area (Å²) in [6.07, 6.45) is 0.973. The quantitative estimate of drug-likeness (QED) is 0.314. The number of ether oxygens (including phenoxy) is 1. The van der Waals surface area contributed by atoms with E-state index in [4.69, 9.17) is 9.26 Å². The second-order valence-electron chi connectivity index (χ2n) is 6.41. The lowest BCUT2D eigenvalue weighted by Gasteiger charge is -2.19. The van der Waals surface area contributed by atoms with Crippen molar-refractivity contribution in [1.82, 2.24) is 15.8 Å². The lowest BCUT2D eigenvalue weighted by atomic mass is 10.1. The van der Waals surface area contributed by atoms with Crippen molar-refractivity contribution < 1.29 is 9.26 Å². The van der Waals surface area contributed by atoms with Gasteiger partial charge in [-0.15, -0.1) is 24.0 Å². The van der Waals surface area contributed by atoms with Gasteiger partial charge < -0.3 is 19.9 Å². The first-order valence-electron chi connectivity index (χ1n) is 9.31. The predicted molar refractivity (Wildman–Crippen MR) is 120 cm³/mol. The highest BCUT2D eigenvalue weighted by Crippen LogP contribution is 2.14. The molecule has 0 radical (unpaired) electrons. The van der Waals surface area contributed by atoms with Crippen LogP contribution in [0.4, 0.5) is 0 Å². The fourth-order valence-electron chi connectivity index (χ4n) is 2.35. The number of benzene rings is 1. The molecule has 1 heterocycles. The van der Waals surface area contributed by atoms with Crippen LogP contribution in [0.2, 0.25) is 0 Å². The van der Waals surface area contributed by atoms with Crippen molar-refractivity contribution in [3.63, 3.8) is 0 Å². The van der Waals surface area contributed by atoms with Gasteiger partial charge in [-0.2, -0.15) is 0 Å². The minimum atomic E-state index is 0. The van der Waals surface area contributed by atoms with Crippen molar-refractivity contribution in [2.75, 3.05) is 13.1 Å². The van der Waals surface area contributed by atoms with E-state index in [0.29, 0.717) is 19.0 Å². The molecule has 1 aromatic heterocycles. The predicted octanol–water partition coefficient (Wildman–Crippen LogP) is 4.33. The van der Waals surface area contributed by atoms with Gasteiger partial charge in [0, 0.05) is 12.6 Å². The third kappa shape index (κ3) is 8.19. The normalized spacial score (nSPS) is 12.4. The van der Waals surface area contributed by atoms with Gasteiger partial charge in [-0.3, -0.25) is 0 Å². The summed E-state index contributed by atoms with van der Waals surface area (Å²) in [4.78, 5) is 4.57. The summed E-state index contributed by atoms with van der Waals surface area (Å²) in [6.45, 7) is 10.2. The molecule has 6 nitrogen and oxygen atoms in total. The molecule has 0 saturated heterocycles. The molecule has 2 rings (SSSR count). The van der Waals surface area contributed by atoms with Crippen LogP contribution in [0.15, 0.2) is 45.9 Å². The average molecular weight is 486 g/mol. The Morgan fingerprint density at radius 1 is 1.19 bits per heavy atom. The summed E-state index contributed by atoms with van der Waals surface area (Å²) in [5.41, 5.74) is 0.954. The molecule has 2 aromatic rings. The van der Waals surface area contributed by atoms with Crippen molar-refractivity contribution in [1.29, 1.82) is 0 Å². The number of guanidine groups is 1. The Kier molecular flexibility index (Phi) is 10.8. The zero-order chi connectivity index (χ0) is 18.8. The highest BCUT2D eigenvalue weighted by molar-refractivity contribution is 14.0. The molecule has 1 unspecified atom stereocenters. The Morgan fingerprint density at radius 2 is 1.93 bits per heavy atom. The highest BCUT2D eigenvalue weighted by atomic mass is 127. The maximum Gasteiger partial charge on any atom is 0.191 e. The first-order chi connectivity index (χ1) is 12.6. The van der Waals surface area contributed by atoms with E-state index < -0.39 is 0 Å². The summed E-state index contributed by atoms with van der Waals surface area (Å²) >= 11 is 0. The Bertz CT molecular complexity index is 674. The van der Waals surface area contributed by atoms with Crippen LogP contribution in [0, 0.1) is 0 Å². The van der Waals surface area contributed by atoms with Crippen molar-refractivity contribution in [3.8, 4) is 5.75 Å². The zero-order valence-electron chi connectivity index (χ0n) is 16.6. The summed E-state index contributed by atoms with van der Waals surface area (Å²) in [7, 11) is 0. The number of halogens is 1. The van der Waals surface area contributed by atoms with Crippen LogP contribution < -0.4 is 15.4 Å². The van der Waals surface area contributed by atoms with Crippen molar-refractivity contribution in [2.24, 2.45) is 4.99 Å². The van der Waals surface area contributed by atoms with E-state index in [1.54, 1.807) is 0 Å². The second-order valence-corrected chi connectivity index (χ2v) is 6.41. The summed E-state index contributed by atoms with van der Waals surface area (Å²) in [5, 5.41) is 10.7. The molecular weight excluding hydrogens is 455 g/mol. The van der Waals surface area contributed by atoms with E-state index >= 15 is 0 Å². The largest absolute Gasteiger partial charge is 0.489 e. The number of nitrogens with zero attached hydrogens (tertiary/aromatic N) is 2. The van der Waals surface area contributed by atoms with Crippen molar-refractivity contribution >= 4 is 29.9 Å². The van der Waals surface area contributed by atoms with Crippen LogP contribution in [0.25, 0.3) is 0 Å². The number of aromatic nitrogens is 1. The molecule has 27 heavy (non-hydrogen) atoms. The van der Waals surface area contributed by atoms with Crippen LogP contribution in [0.1, 0.15) is 51.5 Å². The Morgan fingerprint density at radius 3 is 2.52 bits per heavy atom. The molecule has 1 atom stereocenters. The molecule has 0 fully saturated rings. The number of aliphatic imine (C=N–C) groups is 1. The third-order valence-corrected chi connectivity index (χ3v) is 3.90. The van der Waals surface area contributed by atoms with Crippen LogP contribution in [-0.2, 0) is 6.54 Å². The first kappa shape index (κ1) is 23.3. The fourth-order valence-corrected chi connectivity index (χ4v) is 2.35. The van der Waals surface area contributed by atoms with Crippen LogP contribution in [-0.4, -0.2) is 30.3 Å². The lowest BCUT2D eigenvalue weighted by molar-refractivity contribution is 0.199.